The molecule has 38 heavy (non-hydrogen) atoms. The molecule has 0 aliphatic carbocycles. The summed E-state index contributed by atoms with van der Waals surface area (Å²) < 4.78 is 86.6. The number of amides is 2. The molecule has 1 aromatic carbocycles. The minimum Gasteiger partial charge on any atom is -0.493 e. The second-order valence-electron chi connectivity index (χ2n) is 9.47. The van der Waals surface area contributed by atoms with Gasteiger partial charge in [-0.25, -0.2) is 9.37 Å². The maximum atomic E-state index is 14.5. The van der Waals surface area contributed by atoms with Crippen LogP contribution in [-0.2, 0) is 14.3 Å². The van der Waals surface area contributed by atoms with Gasteiger partial charge >= 0.3 is 6.18 Å². The maximum absolute atomic E-state index is 14.5. The molecular weight excluding hydrogens is 517 g/mol. The number of carbonyl (C=O) groups excluding carboxylic acids is 2. The van der Waals surface area contributed by atoms with Crippen LogP contribution < -0.4 is 14.8 Å². The number of aromatic nitrogens is 1. The van der Waals surface area contributed by atoms with E-state index >= 15 is 0 Å². The van der Waals surface area contributed by atoms with E-state index in [9.17, 15) is 31.5 Å². The van der Waals surface area contributed by atoms with E-state index < -0.39 is 59.1 Å². The lowest BCUT2D eigenvalue weighted by atomic mass is 9.77. The fourth-order valence-corrected chi connectivity index (χ4v) is 4.85. The second-order valence-corrected chi connectivity index (χ2v) is 9.47. The molecule has 0 unspecified atom stereocenters. The van der Waals surface area contributed by atoms with E-state index in [-0.39, 0.29) is 23.0 Å². The van der Waals surface area contributed by atoms with Gasteiger partial charge in [0, 0.05) is 55.4 Å². The van der Waals surface area contributed by atoms with E-state index in [1.807, 2.05) is 0 Å². The first kappa shape index (κ1) is 27.6. The zero-order chi connectivity index (χ0) is 28.0. The molecule has 0 radical (unpaired) electrons. The fraction of sp³-hybridized carbons (Fsp3) is 0.480. The number of likely N-dealkylation sites (N-methyl/N-ethyl adjacent to an activating group) is 1. The van der Waals surface area contributed by atoms with Crippen molar-refractivity contribution in [2.24, 2.45) is 5.92 Å². The highest BCUT2D eigenvalue weighted by Crippen LogP contribution is 2.55. The van der Waals surface area contributed by atoms with E-state index in [0.717, 1.165) is 26.2 Å². The van der Waals surface area contributed by atoms with Gasteiger partial charge in [-0.05, 0) is 19.1 Å². The van der Waals surface area contributed by atoms with E-state index in [4.69, 9.17) is 14.2 Å². The Morgan fingerprint density at radius 1 is 1.26 bits per heavy atom. The van der Waals surface area contributed by atoms with Crippen LogP contribution in [0.25, 0.3) is 0 Å². The van der Waals surface area contributed by atoms with Crippen molar-refractivity contribution in [3.8, 4) is 11.6 Å². The van der Waals surface area contributed by atoms with Crippen LogP contribution >= 0.6 is 0 Å². The normalized spacial score (nSPS) is 27.5. The van der Waals surface area contributed by atoms with Gasteiger partial charge in [-0.2, -0.15) is 17.6 Å². The van der Waals surface area contributed by atoms with E-state index in [1.165, 1.54) is 30.2 Å². The molecular formula is C25H26F5N3O5. The van der Waals surface area contributed by atoms with Crippen LogP contribution in [0.4, 0.5) is 27.6 Å². The first-order valence-electron chi connectivity index (χ1n) is 11.7. The molecule has 0 spiro atoms. The number of carbonyl (C=O) groups is 2. The Labute approximate surface area is 215 Å². The molecule has 2 aromatic rings. The molecule has 5 atom stereocenters. The van der Waals surface area contributed by atoms with Crippen LogP contribution in [0.2, 0.25) is 0 Å². The Morgan fingerprint density at radius 3 is 2.58 bits per heavy atom. The van der Waals surface area contributed by atoms with Crippen molar-refractivity contribution < 1.29 is 45.8 Å². The highest BCUT2D eigenvalue weighted by atomic mass is 19.4. The third kappa shape index (κ3) is 4.74. The van der Waals surface area contributed by atoms with Crippen LogP contribution in [-0.4, -0.2) is 66.4 Å². The Balaban J connectivity index is 1.65. The summed E-state index contributed by atoms with van der Waals surface area (Å²) in [6.07, 6.45) is -5.66. The topological polar surface area (TPSA) is 90.0 Å². The predicted octanol–water partition coefficient (Wildman–Crippen LogP) is 4.06. The number of methoxy groups -OCH3 is 1. The molecule has 8 nitrogen and oxygen atoms in total. The quantitative estimate of drug-likeness (QED) is 0.553. The second kappa shape index (κ2) is 10.0. The molecule has 2 saturated heterocycles. The molecule has 0 bridgehead atoms. The van der Waals surface area contributed by atoms with Gasteiger partial charge in [0.2, 0.25) is 11.7 Å². The van der Waals surface area contributed by atoms with Gasteiger partial charge in [0.25, 0.3) is 11.8 Å². The van der Waals surface area contributed by atoms with Gasteiger partial charge in [-0.1, -0.05) is 13.0 Å². The highest BCUT2D eigenvalue weighted by Gasteiger charge is 2.66. The monoisotopic (exact) mass is 543 g/mol. The van der Waals surface area contributed by atoms with Crippen LogP contribution in [0.5, 0.6) is 11.6 Å². The molecule has 1 aromatic heterocycles. The van der Waals surface area contributed by atoms with Crippen molar-refractivity contribution >= 4 is 17.5 Å². The molecule has 2 aliphatic rings. The van der Waals surface area contributed by atoms with E-state index in [2.05, 4.69) is 10.3 Å². The largest absolute Gasteiger partial charge is 0.493 e. The lowest BCUT2D eigenvalue weighted by Gasteiger charge is -2.32. The van der Waals surface area contributed by atoms with Crippen molar-refractivity contribution in [2.75, 3.05) is 26.0 Å². The van der Waals surface area contributed by atoms with Crippen LogP contribution in [0, 0.1) is 17.6 Å². The Kier molecular flexibility index (Phi) is 7.26. The summed E-state index contributed by atoms with van der Waals surface area (Å²) >= 11 is 0. The molecule has 206 valence electrons. The number of nitrogens with zero attached hydrogens (tertiary/aromatic N) is 2. The lowest BCUT2D eigenvalue weighted by molar-refractivity contribution is -0.272. The molecule has 0 saturated carbocycles. The summed E-state index contributed by atoms with van der Waals surface area (Å²) in [6, 6.07) is 4.53. The Hall–Kier alpha value is -3.48. The minimum absolute atomic E-state index is 0.0242. The zero-order valence-corrected chi connectivity index (χ0v) is 20.9. The highest BCUT2D eigenvalue weighted by molar-refractivity contribution is 5.95. The molecule has 2 fully saturated rings. The van der Waals surface area contributed by atoms with Gasteiger partial charge < -0.3 is 24.4 Å². The SMILES string of the molecule is COc1c([C@H]2[C@H](C(=O)Nc3ccnc(O[C@H]4CCN(C)C4=O)c3)O[C@@](C)(C(F)(F)F)[C@H]2C)ccc(F)c1F. The van der Waals surface area contributed by atoms with Gasteiger partial charge in [-0.15, -0.1) is 0 Å². The summed E-state index contributed by atoms with van der Waals surface area (Å²) in [7, 11) is 2.68. The third-order valence-corrected chi connectivity index (χ3v) is 7.21. The first-order chi connectivity index (χ1) is 17.8. The number of rotatable bonds is 6. The van der Waals surface area contributed by atoms with Crippen molar-refractivity contribution in [1.29, 1.82) is 0 Å². The number of likely N-dealkylation sites (tertiary alicyclic amines) is 1. The molecule has 13 heteroatoms. The number of alkyl halides is 3. The average molecular weight is 543 g/mol. The third-order valence-electron chi connectivity index (χ3n) is 7.21. The summed E-state index contributed by atoms with van der Waals surface area (Å²) in [5.74, 6) is -7.17. The van der Waals surface area contributed by atoms with Crippen LogP contribution in [0.3, 0.4) is 0 Å². The molecule has 2 amide bonds. The summed E-state index contributed by atoms with van der Waals surface area (Å²) in [4.78, 5) is 31.0. The summed E-state index contributed by atoms with van der Waals surface area (Å²) in [6.45, 7) is 2.53. The zero-order valence-electron chi connectivity index (χ0n) is 20.9. The van der Waals surface area contributed by atoms with Gasteiger partial charge in [0.1, 0.15) is 6.10 Å². The number of anilines is 1. The Bertz CT molecular complexity index is 1240. The maximum Gasteiger partial charge on any atom is 0.417 e. The number of hydrogen-bond acceptors (Lipinski definition) is 6. The van der Waals surface area contributed by atoms with Gasteiger partial charge in [-0.3, -0.25) is 9.59 Å². The molecule has 1 N–H and O–H groups in total. The van der Waals surface area contributed by atoms with Crippen molar-refractivity contribution in [1.82, 2.24) is 9.88 Å². The number of halogens is 5. The Morgan fingerprint density at radius 2 is 1.97 bits per heavy atom. The van der Waals surface area contributed by atoms with E-state index in [0.29, 0.717) is 13.0 Å². The summed E-state index contributed by atoms with van der Waals surface area (Å²) in [5, 5.41) is 2.49. The summed E-state index contributed by atoms with van der Waals surface area (Å²) in [5.41, 5.74) is -2.81. The van der Waals surface area contributed by atoms with Gasteiger partial charge in [0.05, 0.1) is 7.11 Å². The molecule has 4 rings (SSSR count). The standard InChI is InChI=1S/C25H26F5N3O5/c1-12-18(14-5-6-15(26)19(27)20(14)36-4)21(38-24(12,2)25(28,29)30)22(34)32-13-7-9-31-17(11-13)37-16-8-10-33(3)23(16)35/h5-7,9,11-12,16,18,21H,8,10H2,1-4H3,(H,31,32,34)/t12-,16-,18-,21+,24+/m0/s1. The van der Waals surface area contributed by atoms with Crippen LogP contribution in [0.1, 0.15) is 31.7 Å². The van der Waals surface area contributed by atoms with Crippen molar-refractivity contribution in [3.63, 3.8) is 0 Å². The van der Waals surface area contributed by atoms with Crippen molar-refractivity contribution in [2.45, 2.75) is 50.2 Å². The molecule has 3 heterocycles. The van der Waals surface area contributed by atoms with E-state index in [1.54, 1.807) is 7.05 Å². The number of benzene rings is 1. The lowest BCUT2D eigenvalue weighted by Crippen LogP contribution is -2.47. The number of hydrogen-bond donors (Lipinski definition) is 1. The minimum atomic E-state index is -4.88. The van der Waals surface area contributed by atoms with Gasteiger partial charge in [0.15, 0.2) is 23.3 Å². The predicted molar refractivity (Wildman–Crippen MR) is 124 cm³/mol. The van der Waals surface area contributed by atoms with Crippen LogP contribution in [0.15, 0.2) is 30.5 Å². The van der Waals surface area contributed by atoms with Crippen molar-refractivity contribution in [3.05, 3.63) is 47.7 Å². The number of ether oxygens (including phenoxy) is 3. The number of nitrogens with one attached hydrogen (secondary N) is 1. The first-order valence-corrected chi connectivity index (χ1v) is 11.7. The average Bonchev–Trinajstić information content (AvgIpc) is 3.32. The molecule has 2 aliphatic heterocycles. The fourth-order valence-electron chi connectivity index (χ4n) is 4.85. The number of pyridine rings is 1. The smallest absolute Gasteiger partial charge is 0.417 e.